The minimum Gasteiger partial charge on any atom is -0.481 e. The summed E-state index contributed by atoms with van der Waals surface area (Å²) in [6.45, 7) is 6.99. The SMILES string of the molecule is CCCC(CNC(=O)NCC1CCCN1CC)C(=O)O. The topological polar surface area (TPSA) is 81.7 Å². The third kappa shape index (κ3) is 5.36. The summed E-state index contributed by atoms with van der Waals surface area (Å²) in [4.78, 5) is 25.0. The second kappa shape index (κ2) is 8.79. The summed E-state index contributed by atoms with van der Waals surface area (Å²) in [5.41, 5.74) is 0. The summed E-state index contributed by atoms with van der Waals surface area (Å²) < 4.78 is 0. The maximum Gasteiger partial charge on any atom is 0.314 e. The minimum atomic E-state index is -0.847. The Kier molecular flexibility index (Phi) is 7.36. The Balaban J connectivity index is 2.24. The van der Waals surface area contributed by atoms with E-state index in [0.717, 1.165) is 25.9 Å². The predicted octanol–water partition coefficient (Wildman–Crippen LogP) is 1.27. The lowest BCUT2D eigenvalue weighted by atomic mass is 10.0. The Labute approximate surface area is 120 Å². The summed E-state index contributed by atoms with van der Waals surface area (Å²) in [5, 5.41) is 14.5. The normalized spacial score (nSPS) is 20.6. The lowest BCUT2D eigenvalue weighted by molar-refractivity contribution is -0.141. The van der Waals surface area contributed by atoms with Crippen LogP contribution in [-0.4, -0.2) is 54.2 Å². The van der Waals surface area contributed by atoms with Gasteiger partial charge in [-0.1, -0.05) is 20.3 Å². The van der Waals surface area contributed by atoms with Crippen LogP contribution in [0, 0.1) is 5.92 Å². The van der Waals surface area contributed by atoms with Gasteiger partial charge in [-0.3, -0.25) is 9.69 Å². The molecule has 6 nitrogen and oxygen atoms in total. The molecule has 0 bridgehead atoms. The van der Waals surface area contributed by atoms with E-state index in [1.807, 2.05) is 6.92 Å². The van der Waals surface area contributed by atoms with Crippen LogP contribution in [0.15, 0.2) is 0 Å². The van der Waals surface area contributed by atoms with Gasteiger partial charge in [-0.2, -0.15) is 0 Å². The fourth-order valence-electron chi connectivity index (χ4n) is 2.69. The molecule has 3 N–H and O–H groups in total. The molecule has 1 aliphatic heterocycles. The van der Waals surface area contributed by atoms with E-state index in [1.165, 1.54) is 6.42 Å². The molecule has 6 heteroatoms. The van der Waals surface area contributed by atoms with Crippen molar-refractivity contribution in [2.24, 2.45) is 5.92 Å². The molecule has 2 unspecified atom stereocenters. The Morgan fingerprint density at radius 3 is 2.70 bits per heavy atom. The zero-order chi connectivity index (χ0) is 15.0. The first-order chi connectivity index (χ1) is 9.58. The number of hydrogen-bond donors (Lipinski definition) is 3. The maximum absolute atomic E-state index is 11.7. The maximum atomic E-state index is 11.7. The molecule has 20 heavy (non-hydrogen) atoms. The summed E-state index contributed by atoms with van der Waals surface area (Å²) in [6, 6.07) is 0.145. The van der Waals surface area contributed by atoms with Crippen molar-refractivity contribution >= 4 is 12.0 Å². The van der Waals surface area contributed by atoms with Crippen molar-refractivity contribution in [2.45, 2.75) is 45.6 Å². The van der Waals surface area contributed by atoms with Crippen LogP contribution in [0.2, 0.25) is 0 Å². The molecule has 1 fully saturated rings. The van der Waals surface area contributed by atoms with Crippen LogP contribution in [0.5, 0.6) is 0 Å². The number of aliphatic carboxylic acids is 1. The van der Waals surface area contributed by atoms with Crippen LogP contribution in [0.3, 0.4) is 0 Å². The smallest absolute Gasteiger partial charge is 0.314 e. The number of rotatable bonds is 8. The fourth-order valence-corrected chi connectivity index (χ4v) is 2.69. The Morgan fingerprint density at radius 1 is 1.35 bits per heavy atom. The summed E-state index contributed by atoms with van der Waals surface area (Å²) >= 11 is 0. The molecule has 0 spiro atoms. The van der Waals surface area contributed by atoms with Crippen molar-refractivity contribution in [3.63, 3.8) is 0 Å². The molecule has 0 aromatic carbocycles. The van der Waals surface area contributed by atoms with Crippen LogP contribution in [0.25, 0.3) is 0 Å². The zero-order valence-corrected chi connectivity index (χ0v) is 12.5. The van der Waals surface area contributed by atoms with E-state index >= 15 is 0 Å². The van der Waals surface area contributed by atoms with E-state index in [2.05, 4.69) is 22.5 Å². The molecule has 1 heterocycles. The van der Waals surface area contributed by atoms with Gasteiger partial charge in [0.15, 0.2) is 0 Å². The molecule has 0 saturated carbocycles. The van der Waals surface area contributed by atoms with Gasteiger partial charge in [0.2, 0.25) is 0 Å². The lowest BCUT2D eigenvalue weighted by Crippen LogP contribution is -2.45. The van der Waals surface area contributed by atoms with E-state index in [1.54, 1.807) is 0 Å². The third-order valence-corrected chi connectivity index (χ3v) is 3.90. The number of carboxylic acids is 1. The number of amides is 2. The number of carbonyl (C=O) groups excluding carboxylic acids is 1. The number of nitrogens with one attached hydrogen (secondary N) is 2. The van der Waals surface area contributed by atoms with Crippen LogP contribution in [-0.2, 0) is 4.79 Å². The van der Waals surface area contributed by atoms with Gasteiger partial charge in [-0.05, 0) is 32.4 Å². The monoisotopic (exact) mass is 285 g/mol. The van der Waals surface area contributed by atoms with Crippen molar-refractivity contribution in [2.75, 3.05) is 26.2 Å². The van der Waals surface area contributed by atoms with Gasteiger partial charge in [0.1, 0.15) is 0 Å². The molecular formula is C14H27N3O3. The van der Waals surface area contributed by atoms with Gasteiger partial charge in [-0.15, -0.1) is 0 Å². The summed E-state index contributed by atoms with van der Waals surface area (Å²) in [5.74, 6) is -1.34. The first kappa shape index (κ1) is 16.8. The summed E-state index contributed by atoms with van der Waals surface area (Å²) in [7, 11) is 0. The van der Waals surface area contributed by atoms with Gasteiger partial charge >= 0.3 is 12.0 Å². The van der Waals surface area contributed by atoms with Crippen molar-refractivity contribution < 1.29 is 14.7 Å². The molecular weight excluding hydrogens is 258 g/mol. The van der Waals surface area contributed by atoms with E-state index in [4.69, 9.17) is 5.11 Å². The molecule has 0 aliphatic carbocycles. The van der Waals surface area contributed by atoms with Crippen molar-refractivity contribution in [1.29, 1.82) is 0 Å². The quantitative estimate of drug-likeness (QED) is 0.627. The van der Waals surface area contributed by atoms with Crippen molar-refractivity contribution in [3.8, 4) is 0 Å². The fraction of sp³-hybridized carbons (Fsp3) is 0.857. The first-order valence-corrected chi connectivity index (χ1v) is 7.57. The first-order valence-electron chi connectivity index (χ1n) is 7.57. The van der Waals surface area contributed by atoms with Gasteiger partial charge in [0.05, 0.1) is 5.92 Å². The average Bonchev–Trinajstić information content (AvgIpc) is 2.88. The highest BCUT2D eigenvalue weighted by Crippen LogP contribution is 2.15. The number of hydrogen-bond acceptors (Lipinski definition) is 3. The van der Waals surface area contributed by atoms with Gasteiger partial charge in [-0.25, -0.2) is 4.79 Å². The van der Waals surface area contributed by atoms with E-state index in [0.29, 0.717) is 19.0 Å². The number of likely N-dealkylation sites (tertiary alicyclic amines) is 1. The van der Waals surface area contributed by atoms with Gasteiger partial charge in [0.25, 0.3) is 0 Å². The molecule has 1 aliphatic rings. The molecule has 0 aromatic heterocycles. The number of carbonyl (C=O) groups is 2. The largest absolute Gasteiger partial charge is 0.481 e. The molecule has 0 aromatic rings. The Morgan fingerprint density at radius 2 is 2.10 bits per heavy atom. The Hall–Kier alpha value is -1.30. The molecule has 116 valence electrons. The highest BCUT2D eigenvalue weighted by molar-refractivity contribution is 5.75. The second-order valence-corrected chi connectivity index (χ2v) is 5.34. The number of likely N-dealkylation sites (N-methyl/N-ethyl adjacent to an activating group) is 1. The molecule has 2 amide bonds. The third-order valence-electron chi connectivity index (χ3n) is 3.90. The average molecular weight is 285 g/mol. The molecule has 0 radical (unpaired) electrons. The number of nitrogens with zero attached hydrogens (tertiary/aromatic N) is 1. The highest BCUT2D eigenvalue weighted by atomic mass is 16.4. The Bertz CT molecular complexity index is 323. The van der Waals surface area contributed by atoms with E-state index in [-0.39, 0.29) is 12.6 Å². The molecule has 2 atom stereocenters. The predicted molar refractivity (Wildman–Crippen MR) is 77.7 cm³/mol. The van der Waals surface area contributed by atoms with Crippen LogP contribution in [0.1, 0.15) is 39.5 Å². The molecule has 1 rings (SSSR count). The second-order valence-electron chi connectivity index (χ2n) is 5.34. The van der Waals surface area contributed by atoms with Crippen LogP contribution < -0.4 is 10.6 Å². The van der Waals surface area contributed by atoms with Crippen LogP contribution >= 0.6 is 0 Å². The van der Waals surface area contributed by atoms with Crippen molar-refractivity contribution in [1.82, 2.24) is 15.5 Å². The highest BCUT2D eigenvalue weighted by Gasteiger charge is 2.23. The standard InChI is InChI=1S/C14H27N3O3/c1-3-6-11(13(18)19)9-15-14(20)16-10-12-7-5-8-17(12)4-2/h11-12H,3-10H2,1-2H3,(H,18,19)(H2,15,16,20). The zero-order valence-electron chi connectivity index (χ0n) is 12.5. The van der Waals surface area contributed by atoms with Crippen molar-refractivity contribution in [3.05, 3.63) is 0 Å². The van der Waals surface area contributed by atoms with Gasteiger partial charge < -0.3 is 15.7 Å². The minimum absolute atomic E-state index is 0.192. The number of urea groups is 1. The lowest BCUT2D eigenvalue weighted by Gasteiger charge is -2.23. The van der Waals surface area contributed by atoms with Gasteiger partial charge in [0, 0.05) is 19.1 Å². The van der Waals surface area contributed by atoms with Crippen LogP contribution in [0.4, 0.5) is 4.79 Å². The summed E-state index contributed by atoms with van der Waals surface area (Å²) in [6.07, 6.45) is 3.68. The molecule has 1 saturated heterocycles. The number of carboxylic acid groups (broad SMARTS) is 1. The van der Waals surface area contributed by atoms with E-state index < -0.39 is 11.9 Å². The van der Waals surface area contributed by atoms with E-state index in [9.17, 15) is 9.59 Å².